The van der Waals surface area contributed by atoms with Crippen molar-refractivity contribution in [1.82, 2.24) is 5.32 Å². The molecule has 0 aromatic carbocycles. The van der Waals surface area contributed by atoms with Gasteiger partial charge in [-0.05, 0) is 38.5 Å². The van der Waals surface area contributed by atoms with E-state index in [0.717, 1.165) is 17.8 Å². The monoisotopic (exact) mass is 272 g/mol. The summed E-state index contributed by atoms with van der Waals surface area (Å²) in [7, 11) is 0. The summed E-state index contributed by atoms with van der Waals surface area (Å²) in [4.78, 5) is 4.57. The van der Waals surface area contributed by atoms with E-state index < -0.39 is 0 Å². The van der Waals surface area contributed by atoms with E-state index in [1.165, 1.54) is 25.7 Å². The van der Waals surface area contributed by atoms with E-state index in [1.807, 2.05) is 25.3 Å². The van der Waals surface area contributed by atoms with Gasteiger partial charge >= 0.3 is 0 Å². The van der Waals surface area contributed by atoms with Crippen LogP contribution in [0, 0.1) is 0 Å². The minimum atomic E-state index is -0.177. The van der Waals surface area contributed by atoms with Gasteiger partial charge in [0.05, 0.1) is 11.2 Å². The number of hydrogen-bond donors (Lipinski definition) is 1. The van der Waals surface area contributed by atoms with Crippen LogP contribution in [-0.4, -0.2) is 18.3 Å². The molecule has 1 rings (SSSR count). The quantitative estimate of drug-likeness (QED) is 0.643. The molecule has 0 saturated heterocycles. The second-order valence-electron chi connectivity index (χ2n) is 5.41. The molecule has 0 amide bonds. The molecule has 1 heterocycles. The Balaban J connectivity index is 2.66. The Morgan fingerprint density at radius 1 is 1.35 bits per heavy atom. The summed E-state index contributed by atoms with van der Waals surface area (Å²) in [5.41, 5.74) is 1.86. The van der Waals surface area contributed by atoms with Crippen LogP contribution in [0.2, 0.25) is 0 Å². The first kappa shape index (κ1) is 16.6. The van der Waals surface area contributed by atoms with E-state index in [0.29, 0.717) is 0 Å². The number of nitrogens with one attached hydrogen (secondary N) is 1. The van der Waals surface area contributed by atoms with Crippen LogP contribution in [0.3, 0.4) is 0 Å². The second kappa shape index (κ2) is 8.70. The number of nitrogens with zero attached hydrogens (tertiary/aromatic N) is 1. The predicted molar refractivity (Wildman–Crippen MR) is 90.2 cm³/mol. The van der Waals surface area contributed by atoms with Crippen molar-refractivity contribution in [1.29, 1.82) is 0 Å². The van der Waals surface area contributed by atoms with Crippen LogP contribution in [0.15, 0.2) is 53.2 Å². The minimum absolute atomic E-state index is 0.177. The molecular formula is C18H28N2. The Morgan fingerprint density at radius 3 is 2.80 bits per heavy atom. The summed E-state index contributed by atoms with van der Waals surface area (Å²) in [5, 5.41) is 3.58. The van der Waals surface area contributed by atoms with Gasteiger partial charge in [0.25, 0.3) is 0 Å². The van der Waals surface area contributed by atoms with Gasteiger partial charge in [-0.3, -0.25) is 4.99 Å². The Bertz CT molecular complexity index is 427. The van der Waals surface area contributed by atoms with Crippen molar-refractivity contribution < 1.29 is 0 Å². The summed E-state index contributed by atoms with van der Waals surface area (Å²) >= 11 is 0. The van der Waals surface area contributed by atoms with Gasteiger partial charge < -0.3 is 5.32 Å². The van der Waals surface area contributed by atoms with Crippen molar-refractivity contribution in [3.05, 3.63) is 48.2 Å². The molecule has 20 heavy (non-hydrogen) atoms. The zero-order valence-electron chi connectivity index (χ0n) is 13.2. The average molecular weight is 272 g/mol. The molecule has 1 N–H and O–H groups in total. The topological polar surface area (TPSA) is 24.4 Å². The van der Waals surface area contributed by atoms with Gasteiger partial charge in [-0.25, -0.2) is 0 Å². The average Bonchev–Trinajstić information content (AvgIpc) is 2.60. The molecule has 1 unspecified atom stereocenters. The predicted octanol–water partition coefficient (Wildman–Crippen LogP) is 4.57. The molecule has 2 nitrogen and oxygen atoms in total. The van der Waals surface area contributed by atoms with E-state index >= 15 is 0 Å². The van der Waals surface area contributed by atoms with Crippen LogP contribution >= 0.6 is 0 Å². The van der Waals surface area contributed by atoms with E-state index in [4.69, 9.17) is 0 Å². The largest absolute Gasteiger partial charge is 0.304 e. The van der Waals surface area contributed by atoms with Crippen molar-refractivity contribution in [2.45, 2.75) is 52.0 Å². The molecule has 0 fully saturated rings. The van der Waals surface area contributed by atoms with Gasteiger partial charge in [0.15, 0.2) is 0 Å². The van der Waals surface area contributed by atoms with Crippen molar-refractivity contribution in [2.24, 2.45) is 4.99 Å². The van der Waals surface area contributed by atoms with Crippen LogP contribution in [0.4, 0.5) is 0 Å². The Hall–Kier alpha value is -1.41. The fourth-order valence-corrected chi connectivity index (χ4v) is 2.17. The van der Waals surface area contributed by atoms with Gasteiger partial charge in [0.2, 0.25) is 0 Å². The van der Waals surface area contributed by atoms with E-state index in [1.54, 1.807) is 0 Å². The molecular weight excluding hydrogens is 244 g/mol. The van der Waals surface area contributed by atoms with Crippen LogP contribution < -0.4 is 5.32 Å². The Kier molecular flexibility index (Phi) is 7.24. The maximum Gasteiger partial charge on any atom is 0.0698 e. The second-order valence-corrected chi connectivity index (χ2v) is 5.41. The van der Waals surface area contributed by atoms with E-state index in [9.17, 15) is 0 Å². The van der Waals surface area contributed by atoms with Crippen molar-refractivity contribution in [3.63, 3.8) is 0 Å². The highest BCUT2D eigenvalue weighted by Gasteiger charge is 2.19. The lowest BCUT2D eigenvalue weighted by atomic mass is 10.0. The smallest absolute Gasteiger partial charge is 0.0698 e. The minimum Gasteiger partial charge on any atom is -0.304 e. The first-order valence-electron chi connectivity index (χ1n) is 7.64. The normalized spacial score (nSPS) is 22.6. The van der Waals surface area contributed by atoms with E-state index in [2.05, 4.69) is 49.0 Å². The lowest BCUT2D eigenvalue weighted by molar-refractivity contribution is 0.528. The summed E-state index contributed by atoms with van der Waals surface area (Å²) in [6.45, 7) is 11.3. The molecule has 0 aliphatic carbocycles. The summed E-state index contributed by atoms with van der Waals surface area (Å²) in [6.07, 6.45) is 17.3. The fraction of sp³-hybridized carbons (Fsp3) is 0.500. The maximum absolute atomic E-state index is 4.57. The summed E-state index contributed by atoms with van der Waals surface area (Å²) < 4.78 is 0. The lowest BCUT2D eigenvalue weighted by Gasteiger charge is -2.22. The molecule has 2 heteroatoms. The highest BCUT2D eigenvalue weighted by molar-refractivity contribution is 5.76. The summed E-state index contributed by atoms with van der Waals surface area (Å²) in [5.74, 6) is 0. The zero-order valence-corrected chi connectivity index (χ0v) is 13.2. The highest BCUT2D eigenvalue weighted by Crippen LogP contribution is 2.18. The molecule has 0 aromatic heterocycles. The van der Waals surface area contributed by atoms with Crippen molar-refractivity contribution in [3.8, 4) is 0 Å². The SMILES string of the molecule is C=CC1=C(/C=C\C)C=CC(C)(NCCCCCC)C=N1. The van der Waals surface area contributed by atoms with Crippen molar-refractivity contribution >= 4 is 6.21 Å². The Labute approximate surface area is 124 Å². The van der Waals surface area contributed by atoms with Crippen LogP contribution in [0.25, 0.3) is 0 Å². The van der Waals surface area contributed by atoms with Gasteiger partial charge in [-0.15, -0.1) is 0 Å². The van der Waals surface area contributed by atoms with Crippen LogP contribution in [-0.2, 0) is 0 Å². The molecule has 0 bridgehead atoms. The number of aliphatic imine (C=N–C) groups is 1. The van der Waals surface area contributed by atoms with Gasteiger partial charge in [0.1, 0.15) is 0 Å². The number of hydrogen-bond acceptors (Lipinski definition) is 2. The standard InChI is InChI=1S/C18H28N2/c1-5-8-9-10-14-20-18(4)13-12-16(11-6-2)17(7-3)19-15-18/h6-7,11-13,15,20H,3,5,8-10,14H2,1-2,4H3/b11-6-. The molecule has 1 aliphatic heterocycles. The summed E-state index contributed by atoms with van der Waals surface area (Å²) in [6, 6.07) is 0. The molecule has 0 aromatic rings. The Morgan fingerprint density at radius 2 is 2.15 bits per heavy atom. The molecule has 0 radical (unpaired) electrons. The molecule has 1 atom stereocenters. The first-order valence-corrected chi connectivity index (χ1v) is 7.64. The third-order valence-electron chi connectivity index (χ3n) is 3.45. The fourth-order valence-electron chi connectivity index (χ4n) is 2.17. The lowest BCUT2D eigenvalue weighted by Crippen LogP contribution is -2.42. The number of rotatable bonds is 8. The molecule has 1 aliphatic rings. The zero-order chi connectivity index (χ0) is 14.8. The third kappa shape index (κ3) is 5.30. The third-order valence-corrected chi connectivity index (χ3v) is 3.45. The van der Waals surface area contributed by atoms with Crippen molar-refractivity contribution in [2.75, 3.05) is 6.54 Å². The van der Waals surface area contributed by atoms with Gasteiger partial charge in [0, 0.05) is 6.21 Å². The van der Waals surface area contributed by atoms with Crippen LogP contribution in [0.1, 0.15) is 46.5 Å². The van der Waals surface area contributed by atoms with Crippen LogP contribution in [0.5, 0.6) is 0 Å². The molecule has 0 spiro atoms. The van der Waals surface area contributed by atoms with Gasteiger partial charge in [-0.2, -0.15) is 0 Å². The van der Waals surface area contributed by atoms with E-state index in [-0.39, 0.29) is 5.54 Å². The number of allylic oxidation sites excluding steroid dienone is 5. The molecule has 0 saturated carbocycles. The highest BCUT2D eigenvalue weighted by atomic mass is 15.0. The molecule has 110 valence electrons. The number of unbranched alkanes of at least 4 members (excludes halogenated alkanes) is 3. The maximum atomic E-state index is 4.57. The first-order chi connectivity index (χ1) is 9.65. The van der Waals surface area contributed by atoms with Gasteiger partial charge in [-0.1, -0.05) is 57.1 Å².